The molecular weight excluding hydrogens is 435 g/mol. The van der Waals surface area contributed by atoms with E-state index in [-0.39, 0.29) is 43.3 Å². The van der Waals surface area contributed by atoms with Gasteiger partial charge in [-0.15, -0.1) is 0 Å². The fourth-order valence-electron chi connectivity index (χ4n) is 1.72. The van der Waals surface area contributed by atoms with Gasteiger partial charge in [0.1, 0.15) is 0 Å². The molecule has 0 saturated heterocycles. The zero-order valence-electron chi connectivity index (χ0n) is 13.5. The molecule has 0 aliphatic heterocycles. The first kappa shape index (κ1) is 27.5. The van der Waals surface area contributed by atoms with Crippen LogP contribution in [0, 0.1) is 29.2 Å². The van der Waals surface area contributed by atoms with Gasteiger partial charge in [0.15, 0.2) is 0 Å². The van der Waals surface area contributed by atoms with Crippen LogP contribution in [-0.4, -0.2) is 22.8 Å². The second-order valence-corrected chi connectivity index (χ2v) is 7.71. The molecule has 0 aromatic heterocycles. The monoisotopic (exact) mass is 465 g/mol. The smallest absolute Gasteiger partial charge is 0.398 e. The Balaban J connectivity index is -0.000000281. The van der Waals surface area contributed by atoms with Crippen LogP contribution in [0.15, 0.2) is 18.2 Å². The first-order chi connectivity index (χ1) is 7.11. The van der Waals surface area contributed by atoms with Crippen molar-refractivity contribution in [3.63, 3.8) is 0 Å². The summed E-state index contributed by atoms with van der Waals surface area (Å²) < 4.78 is 10.9. The predicted octanol–water partition coefficient (Wildman–Crippen LogP) is 4.36. The molecular formula is C15H30O2PtSi. The van der Waals surface area contributed by atoms with Crippen molar-refractivity contribution in [3.05, 3.63) is 51.6 Å². The van der Waals surface area contributed by atoms with E-state index in [1.165, 1.54) is 11.1 Å². The maximum atomic E-state index is 5.45. The number of rotatable bonds is 6. The Bertz CT molecular complexity index is 296. The van der Waals surface area contributed by atoms with Gasteiger partial charge in [-0.2, -0.15) is 17.2 Å². The SMILES string of the molecule is CO[Si](C)(CCCc1ccc[c-]1C)OC.[CH3-].[CH3-].[CH3-].[Pt+4]. The molecule has 0 fully saturated rings. The molecule has 1 aromatic carbocycles. The summed E-state index contributed by atoms with van der Waals surface area (Å²) in [5, 5.41) is 0. The summed E-state index contributed by atoms with van der Waals surface area (Å²) in [6.45, 7) is 4.28. The van der Waals surface area contributed by atoms with Gasteiger partial charge in [0, 0.05) is 14.2 Å². The molecule has 0 heterocycles. The van der Waals surface area contributed by atoms with E-state index in [4.69, 9.17) is 8.85 Å². The molecule has 0 N–H and O–H groups in total. The topological polar surface area (TPSA) is 18.5 Å². The summed E-state index contributed by atoms with van der Waals surface area (Å²) in [5.74, 6) is 0. The van der Waals surface area contributed by atoms with Gasteiger partial charge in [0.25, 0.3) is 0 Å². The zero-order chi connectivity index (χ0) is 11.3. The van der Waals surface area contributed by atoms with Crippen LogP contribution in [0.1, 0.15) is 17.5 Å². The van der Waals surface area contributed by atoms with E-state index in [0.29, 0.717) is 0 Å². The quantitative estimate of drug-likeness (QED) is 0.459. The van der Waals surface area contributed by atoms with E-state index in [2.05, 4.69) is 31.7 Å². The predicted molar refractivity (Wildman–Crippen MR) is 84.8 cm³/mol. The minimum absolute atomic E-state index is 0. The Morgan fingerprint density at radius 3 is 2.05 bits per heavy atom. The fourth-order valence-corrected chi connectivity index (χ4v) is 3.11. The van der Waals surface area contributed by atoms with Crippen molar-refractivity contribution >= 4 is 8.56 Å². The third-order valence-electron chi connectivity index (χ3n) is 3.09. The van der Waals surface area contributed by atoms with Gasteiger partial charge >= 0.3 is 29.6 Å². The van der Waals surface area contributed by atoms with E-state index in [0.717, 1.165) is 18.9 Å². The van der Waals surface area contributed by atoms with Crippen LogP contribution in [0.2, 0.25) is 12.6 Å². The third-order valence-corrected chi connectivity index (χ3v) is 6.08. The Kier molecular flexibility index (Phi) is 19.1. The van der Waals surface area contributed by atoms with Crippen LogP contribution < -0.4 is 0 Å². The zero-order valence-corrected chi connectivity index (χ0v) is 16.8. The summed E-state index contributed by atoms with van der Waals surface area (Å²) >= 11 is 0. The molecule has 0 saturated carbocycles. The summed E-state index contributed by atoms with van der Waals surface area (Å²) in [6, 6.07) is 7.55. The minimum Gasteiger partial charge on any atom is -0.398 e. The van der Waals surface area contributed by atoms with Gasteiger partial charge in [0.05, 0.1) is 0 Å². The van der Waals surface area contributed by atoms with E-state index < -0.39 is 8.56 Å². The van der Waals surface area contributed by atoms with Gasteiger partial charge in [-0.25, -0.2) is 12.1 Å². The van der Waals surface area contributed by atoms with Gasteiger partial charge in [0.2, 0.25) is 0 Å². The van der Waals surface area contributed by atoms with Crippen molar-refractivity contribution in [2.45, 2.75) is 32.4 Å². The van der Waals surface area contributed by atoms with Gasteiger partial charge in [-0.3, -0.25) is 0 Å². The first-order valence-electron chi connectivity index (χ1n) is 5.43. The average molecular weight is 466 g/mol. The standard InChI is InChI=1S/C12H21O2Si.3CH3.Pt/c1-11-7-5-8-12(11)9-6-10-15(4,13-2)14-3;;;;/h5,7-8H,6,9-10H2,1-4H3;3*1H3;/q4*-1;+4. The molecule has 0 bridgehead atoms. The molecule has 1 aromatic rings. The Hall–Kier alpha value is 0.175. The van der Waals surface area contributed by atoms with E-state index in [9.17, 15) is 0 Å². The molecule has 116 valence electrons. The molecule has 0 aliphatic carbocycles. The first-order valence-corrected chi connectivity index (χ1v) is 7.95. The largest absolute Gasteiger partial charge is 4.00 e. The molecule has 0 radical (unpaired) electrons. The molecule has 0 unspecified atom stereocenters. The number of hydrogen-bond acceptors (Lipinski definition) is 2. The molecule has 0 spiro atoms. The molecule has 4 heteroatoms. The van der Waals surface area contributed by atoms with Crippen LogP contribution in [0.3, 0.4) is 0 Å². The molecule has 1 rings (SSSR count). The van der Waals surface area contributed by atoms with Crippen molar-refractivity contribution in [2.75, 3.05) is 14.2 Å². The third kappa shape index (κ3) is 8.85. The van der Waals surface area contributed by atoms with Crippen molar-refractivity contribution in [3.8, 4) is 0 Å². The number of hydrogen-bond donors (Lipinski definition) is 0. The van der Waals surface area contributed by atoms with E-state index in [1.807, 2.05) is 0 Å². The second-order valence-electron chi connectivity index (χ2n) is 4.13. The maximum Gasteiger partial charge on any atom is 4.00 e. The maximum absolute atomic E-state index is 5.45. The van der Waals surface area contributed by atoms with Crippen LogP contribution in [0.4, 0.5) is 0 Å². The second kappa shape index (κ2) is 13.2. The van der Waals surface area contributed by atoms with Crippen molar-refractivity contribution < 1.29 is 29.9 Å². The van der Waals surface area contributed by atoms with Crippen LogP contribution in [0.5, 0.6) is 0 Å². The van der Waals surface area contributed by atoms with Gasteiger partial charge in [-0.05, 0) is 19.0 Å². The van der Waals surface area contributed by atoms with Crippen molar-refractivity contribution in [2.24, 2.45) is 0 Å². The summed E-state index contributed by atoms with van der Waals surface area (Å²) in [4.78, 5) is 0. The van der Waals surface area contributed by atoms with Crippen LogP contribution in [-0.2, 0) is 36.3 Å². The van der Waals surface area contributed by atoms with Crippen LogP contribution >= 0.6 is 0 Å². The summed E-state index contributed by atoms with van der Waals surface area (Å²) in [7, 11) is 1.66. The minimum atomic E-state index is -1.85. The van der Waals surface area contributed by atoms with Crippen LogP contribution in [0.25, 0.3) is 0 Å². The normalized spacial score (nSPS) is 9.47. The number of aryl methyl sites for hydroxylation is 2. The van der Waals surface area contributed by atoms with E-state index in [1.54, 1.807) is 14.2 Å². The summed E-state index contributed by atoms with van der Waals surface area (Å²) in [6.07, 6.45) is 2.28. The molecule has 19 heavy (non-hydrogen) atoms. The fraction of sp³-hybridized carbons (Fsp3) is 0.467. The van der Waals surface area contributed by atoms with Gasteiger partial charge in [-0.1, -0.05) is 13.3 Å². The van der Waals surface area contributed by atoms with Gasteiger partial charge < -0.3 is 31.1 Å². The molecule has 0 aliphatic rings. The van der Waals surface area contributed by atoms with Crippen molar-refractivity contribution in [1.29, 1.82) is 0 Å². The molecule has 2 nitrogen and oxygen atoms in total. The Morgan fingerprint density at radius 2 is 1.68 bits per heavy atom. The van der Waals surface area contributed by atoms with E-state index >= 15 is 0 Å². The Morgan fingerprint density at radius 1 is 1.16 bits per heavy atom. The molecule has 0 atom stereocenters. The van der Waals surface area contributed by atoms with Crippen molar-refractivity contribution in [1.82, 2.24) is 0 Å². The summed E-state index contributed by atoms with van der Waals surface area (Å²) in [5.41, 5.74) is 2.85. The molecule has 0 amide bonds. The average Bonchev–Trinajstić information content (AvgIpc) is 2.64. The Labute approximate surface area is 136 Å².